The number of fused-ring (bicyclic) bond motifs is 3. The van der Waals surface area contributed by atoms with E-state index in [1.165, 1.54) is 34.8 Å². The van der Waals surface area contributed by atoms with E-state index in [4.69, 9.17) is 52.5 Å². The van der Waals surface area contributed by atoms with Crippen molar-refractivity contribution in [3.63, 3.8) is 0 Å². The van der Waals surface area contributed by atoms with Crippen LogP contribution in [0.2, 0.25) is 10.0 Å². The second kappa shape index (κ2) is 33.1. The Labute approximate surface area is 580 Å². The summed E-state index contributed by atoms with van der Waals surface area (Å²) in [5, 5.41) is 21.6. The number of hydrogen-bond donors (Lipinski definition) is 3. The molecule has 0 unspecified atom stereocenters. The van der Waals surface area contributed by atoms with Crippen molar-refractivity contribution in [2.45, 2.75) is 71.9 Å². The van der Waals surface area contributed by atoms with Crippen LogP contribution < -0.4 is 59.4 Å². The topological polar surface area (TPSA) is 314 Å². The average Bonchev–Trinajstić information content (AvgIpc) is 1.61. The fourth-order valence-electron chi connectivity index (χ4n) is 10.3. The number of thiazole rings is 3. The lowest BCUT2D eigenvalue weighted by atomic mass is 10.1. The number of carbonyl (C=O) groups excluding carboxylic acids is 8. The second-order valence-corrected chi connectivity index (χ2v) is 26.3. The van der Waals surface area contributed by atoms with Gasteiger partial charge in [0.2, 0.25) is 5.91 Å². The van der Waals surface area contributed by atoms with Gasteiger partial charge in [0.25, 0.3) is 28.5 Å². The van der Waals surface area contributed by atoms with Crippen LogP contribution in [0, 0.1) is 0 Å². The molecule has 3 amide bonds. The number of carboxylic acids is 2. The van der Waals surface area contributed by atoms with E-state index in [1.807, 2.05) is 73.7 Å². The van der Waals surface area contributed by atoms with E-state index < -0.39 is 46.8 Å². The molecule has 0 bridgehead atoms. The summed E-state index contributed by atoms with van der Waals surface area (Å²) >= 11 is 18.8. The molecule has 5 heterocycles. The van der Waals surface area contributed by atoms with Crippen LogP contribution >= 0.6 is 73.1 Å². The number of carboxylic acid groups (broad SMARTS) is 2. The fraction of sp³-hybridized carbons (Fsp3) is 0.206. The van der Waals surface area contributed by atoms with Crippen molar-refractivity contribution in [3.8, 4) is 0 Å². The maximum absolute atomic E-state index is 13.4. The van der Waals surface area contributed by atoms with Gasteiger partial charge in [-0.05, 0) is 77.2 Å². The van der Waals surface area contributed by atoms with Gasteiger partial charge in [-0.25, -0.2) is 0 Å². The zero-order valence-electron chi connectivity index (χ0n) is 51.4. The van der Waals surface area contributed by atoms with Gasteiger partial charge < -0.3 is 25.0 Å². The van der Waals surface area contributed by atoms with Crippen LogP contribution in [-0.2, 0) is 96.7 Å². The molecule has 0 atom stereocenters. The summed E-state index contributed by atoms with van der Waals surface area (Å²) in [6.45, 7) is 13.8. The van der Waals surface area contributed by atoms with Gasteiger partial charge in [0.1, 0.15) is 39.9 Å². The number of ketones is 1. The van der Waals surface area contributed by atoms with Crippen LogP contribution in [0.25, 0.3) is 36.5 Å². The summed E-state index contributed by atoms with van der Waals surface area (Å²) in [6, 6.07) is 33.5. The maximum atomic E-state index is 13.4. The Bertz CT molecular complexity index is 4840. The van der Waals surface area contributed by atoms with Gasteiger partial charge in [0.05, 0.1) is 49.4 Å². The summed E-state index contributed by atoms with van der Waals surface area (Å²) in [5.41, 5.74) is 4.43. The largest absolute Gasteiger partial charge is 0.481 e. The molecular formula is C68H57BrCl2N6O17S3. The Hall–Kier alpha value is -9.99. The van der Waals surface area contributed by atoms with Crippen molar-refractivity contribution in [1.82, 2.24) is 19.0 Å². The van der Waals surface area contributed by atoms with Crippen LogP contribution in [0.5, 0.6) is 0 Å². The summed E-state index contributed by atoms with van der Waals surface area (Å²) in [5.74, 6) is -4.54. The van der Waals surface area contributed by atoms with E-state index in [-0.39, 0.29) is 115 Å². The van der Waals surface area contributed by atoms with Crippen LogP contribution in [-0.4, -0.2) is 97.1 Å². The van der Waals surface area contributed by atoms with Crippen LogP contribution in [0.3, 0.4) is 0 Å². The number of aromatic nitrogens is 3. The predicted octanol–water partition coefficient (Wildman–Crippen LogP) is 4.21. The molecule has 23 nitrogen and oxygen atoms in total. The zero-order valence-corrected chi connectivity index (χ0v) is 56.9. The van der Waals surface area contributed by atoms with Crippen molar-refractivity contribution in [2.75, 3.05) is 29.4 Å². The van der Waals surface area contributed by atoms with E-state index in [9.17, 15) is 52.7 Å². The first-order valence-electron chi connectivity index (χ1n) is 29.3. The number of benzene rings is 5. The molecule has 97 heavy (non-hydrogen) atoms. The van der Waals surface area contributed by atoms with Gasteiger partial charge >= 0.3 is 30.0 Å². The van der Waals surface area contributed by atoms with Gasteiger partial charge in [-0.1, -0.05) is 133 Å². The predicted molar refractivity (Wildman–Crippen MR) is 368 cm³/mol. The molecule has 3 aliphatic rings. The minimum Gasteiger partial charge on any atom is -0.481 e. The maximum Gasteiger partial charge on any atom is 0.373 e. The van der Waals surface area contributed by atoms with Crippen molar-refractivity contribution in [1.29, 1.82) is 0 Å². The highest BCUT2D eigenvalue weighted by molar-refractivity contribution is 9.10. The van der Waals surface area contributed by atoms with Crippen LogP contribution in [0.1, 0.15) is 66.0 Å². The van der Waals surface area contributed by atoms with Gasteiger partial charge in [-0.3, -0.25) is 76.2 Å². The lowest BCUT2D eigenvalue weighted by molar-refractivity contribution is -0.192. The first-order valence-corrected chi connectivity index (χ1v) is 33.3. The molecule has 3 N–H and O–H groups in total. The highest BCUT2D eigenvalue weighted by Gasteiger charge is 2.38. The minimum atomic E-state index is -1.05. The number of ether oxygens (including phenoxy) is 2. The molecule has 0 saturated heterocycles. The molecule has 0 radical (unpaired) electrons. The molecule has 1 aliphatic carbocycles. The number of halogens is 3. The molecular weight excluding hydrogens is 1420 g/mol. The van der Waals surface area contributed by atoms with Crippen molar-refractivity contribution in [3.05, 3.63) is 222 Å². The Kier molecular flexibility index (Phi) is 24.9. The number of esters is 2. The third-order valence-electron chi connectivity index (χ3n) is 14.8. The molecule has 29 heteroatoms. The van der Waals surface area contributed by atoms with E-state index in [0.29, 0.717) is 73.2 Å². The molecule has 0 spiro atoms. The molecule has 3 aromatic heterocycles. The number of nitrogens with zero attached hydrogens (tertiary/aromatic N) is 5. The Morgan fingerprint density at radius 3 is 1.41 bits per heavy atom. The lowest BCUT2D eigenvalue weighted by Gasteiger charge is -2.16. The van der Waals surface area contributed by atoms with Crippen LogP contribution in [0.15, 0.2) is 134 Å². The first-order chi connectivity index (χ1) is 46.3. The number of nitrogens with one attached hydrogen (secondary N) is 1. The standard InChI is InChI=1S/C24H19BrN2O6S.C24H19ClN2O6S.C19H19ClN2O3S.CO2/c2*1-14-26(10-9-19(28)29)24(32)22(34-14)21-17-11-16(25)7-8-18(17)27(23(21)31)12-20(30)33-13-15-5-3-2-4-6-15;1-3-7-21-16(24)6-8-22-11(2)26-18(19(22)25)17-14-10-13(20)5-4-12(14)9-15(17)23;2-1-3/h2*2-8,11H,1,9-10,12-13H2,(H,28,29);4-5,10H,2-3,6-9H2,1H3,(H,21,24);/b2*22-21-;18-17-;. The average molecular weight is 1480 g/mol. The fourth-order valence-corrected chi connectivity index (χ4v) is 14.1. The SMILES string of the molecule is C=c1s/c(=C2\C(=O)Cc3ccc(Cl)cc32)c(=O)n1CCC(=O)NCCC.C=c1s/c(=C2\C(=O)N(CC(=O)OCc3ccccc3)c3ccc(Br)cc32)c(=O)n1CCC(=O)O.C=c1s/c(=C2\C(=O)N(CC(=O)OCc3ccccc3)c3ccc(Cl)cc32)c(=O)n1CCC(=O)O.O=C=O. The third-order valence-corrected chi connectivity index (χ3v) is 18.9. The normalized spacial score (nSPS) is 14.2. The lowest BCUT2D eigenvalue weighted by Crippen LogP contribution is -2.37. The first kappa shape index (κ1) is 72.8. The highest BCUT2D eigenvalue weighted by atomic mass is 79.9. The van der Waals surface area contributed by atoms with Crippen molar-refractivity contribution >= 4 is 175 Å². The van der Waals surface area contributed by atoms with Gasteiger partial charge in [-0.15, -0.1) is 34.0 Å². The molecule has 2 aliphatic heterocycles. The quantitative estimate of drug-likeness (QED) is 0.0955. The highest BCUT2D eigenvalue weighted by Crippen LogP contribution is 2.39. The zero-order chi connectivity index (χ0) is 70.4. The van der Waals surface area contributed by atoms with E-state index in [1.54, 1.807) is 48.5 Å². The minimum absolute atomic E-state index is 0.0498. The molecule has 8 aromatic rings. The number of amides is 3. The van der Waals surface area contributed by atoms with Gasteiger partial charge in [0.15, 0.2) is 5.78 Å². The number of rotatable bonds is 19. The molecule has 11 rings (SSSR count). The number of hydrogen-bond acceptors (Lipinski definition) is 18. The van der Waals surface area contributed by atoms with Gasteiger partial charge in [0, 0.05) is 70.2 Å². The Morgan fingerprint density at radius 1 is 0.567 bits per heavy atom. The van der Waals surface area contributed by atoms with Gasteiger partial charge in [-0.2, -0.15) is 9.59 Å². The van der Waals surface area contributed by atoms with E-state index in [2.05, 4.69) is 41.0 Å². The van der Waals surface area contributed by atoms with E-state index in [0.717, 1.165) is 45.8 Å². The van der Waals surface area contributed by atoms with Crippen LogP contribution in [0.4, 0.5) is 11.4 Å². The van der Waals surface area contributed by atoms with Crippen molar-refractivity contribution < 1.29 is 67.6 Å². The molecule has 5 aromatic carbocycles. The van der Waals surface area contributed by atoms with Crippen molar-refractivity contribution in [2.24, 2.45) is 0 Å². The molecule has 0 fully saturated rings. The van der Waals surface area contributed by atoms with E-state index >= 15 is 0 Å². The number of Topliss-reactive ketones (excluding diaryl/α,β-unsaturated/α-hetero) is 1. The number of aliphatic carboxylic acids is 2. The summed E-state index contributed by atoms with van der Waals surface area (Å²) < 4.78 is 17.1. The second-order valence-electron chi connectivity index (χ2n) is 21.2. The molecule has 0 saturated carbocycles. The monoisotopic (exact) mass is 1470 g/mol. The number of anilines is 2. The Morgan fingerprint density at radius 2 is 0.969 bits per heavy atom. The summed E-state index contributed by atoms with van der Waals surface area (Å²) in [7, 11) is 0. The smallest absolute Gasteiger partial charge is 0.373 e. The summed E-state index contributed by atoms with van der Waals surface area (Å²) in [4.78, 5) is 156. The molecule has 500 valence electrons. The number of carbonyl (C=O) groups is 8. The Balaban J connectivity index is 0.000000184. The third kappa shape index (κ3) is 17.5. The summed E-state index contributed by atoms with van der Waals surface area (Å²) in [6.07, 6.45) is 1.07.